The van der Waals surface area contributed by atoms with Crippen LogP contribution in [0.3, 0.4) is 0 Å². The summed E-state index contributed by atoms with van der Waals surface area (Å²) in [6.07, 6.45) is 0.778. The van der Waals surface area contributed by atoms with Crippen LogP contribution in [0.1, 0.15) is 49.3 Å². The van der Waals surface area contributed by atoms with E-state index in [1.54, 1.807) is 6.07 Å². The van der Waals surface area contributed by atoms with Crippen LogP contribution in [-0.2, 0) is 6.42 Å². The van der Waals surface area contributed by atoms with E-state index in [9.17, 15) is 0 Å². The van der Waals surface area contributed by atoms with Crippen LogP contribution in [0.4, 0.5) is 0 Å². The molecule has 0 bridgehead atoms. The molecule has 0 saturated heterocycles. The summed E-state index contributed by atoms with van der Waals surface area (Å²) in [6, 6.07) is 9.48. The molecule has 2 aromatic carbocycles. The molecule has 1 atom stereocenters. The third kappa shape index (κ3) is 4.11. The third-order valence-electron chi connectivity index (χ3n) is 3.78. The summed E-state index contributed by atoms with van der Waals surface area (Å²) in [5.41, 5.74) is 3.20. The lowest BCUT2D eigenvalue weighted by Crippen LogP contribution is -2.02. The van der Waals surface area contributed by atoms with Crippen LogP contribution in [0.5, 0.6) is 0 Å². The topological polar surface area (TPSA) is 0 Å². The van der Waals surface area contributed by atoms with Crippen LogP contribution in [0, 0.1) is 0 Å². The summed E-state index contributed by atoms with van der Waals surface area (Å²) >= 11 is 25.1. The Balaban J connectivity index is 2.34. The Morgan fingerprint density at radius 3 is 2.09 bits per heavy atom. The highest BCUT2D eigenvalue weighted by Crippen LogP contribution is 2.35. The molecule has 2 aromatic rings. The maximum Gasteiger partial charge on any atom is 0.0473 e. The van der Waals surface area contributed by atoms with E-state index in [0.717, 1.165) is 33.2 Å². The highest BCUT2D eigenvalue weighted by atomic mass is 35.5. The van der Waals surface area contributed by atoms with E-state index in [4.69, 9.17) is 46.4 Å². The fourth-order valence-corrected chi connectivity index (χ4v) is 3.83. The summed E-state index contributed by atoms with van der Waals surface area (Å²) in [5.74, 6) is 0.556. The molecular formula is C18H18Cl4. The van der Waals surface area contributed by atoms with Crippen molar-refractivity contribution < 1.29 is 0 Å². The molecule has 1 unspecified atom stereocenters. The minimum Gasteiger partial charge on any atom is -0.0843 e. The Labute approximate surface area is 152 Å². The Morgan fingerprint density at radius 1 is 0.818 bits per heavy atom. The van der Waals surface area contributed by atoms with Gasteiger partial charge in [-0.25, -0.2) is 0 Å². The highest BCUT2D eigenvalue weighted by Gasteiger charge is 2.16. The standard InChI is InChI=1S/C18H18Cl4/c1-10(2)16-8-14(20)7-12(18(16)22)6-11(3)15-5-4-13(19)9-17(15)21/h4-5,7-11H,6H2,1-3H3. The second-order valence-electron chi connectivity index (χ2n) is 5.89. The summed E-state index contributed by atoms with van der Waals surface area (Å²) in [5, 5.41) is 2.85. The molecule has 0 aromatic heterocycles. The molecule has 2 rings (SSSR count). The van der Waals surface area contributed by atoms with Gasteiger partial charge < -0.3 is 0 Å². The zero-order chi connectivity index (χ0) is 16.4. The van der Waals surface area contributed by atoms with E-state index in [0.29, 0.717) is 16.0 Å². The maximum atomic E-state index is 6.56. The Morgan fingerprint density at radius 2 is 1.50 bits per heavy atom. The van der Waals surface area contributed by atoms with Crippen molar-refractivity contribution in [1.82, 2.24) is 0 Å². The molecule has 4 heteroatoms. The van der Waals surface area contributed by atoms with Gasteiger partial charge in [0.25, 0.3) is 0 Å². The first kappa shape index (κ1) is 17.9. The van der Waals surface area contributed by atoms with Gasteiger partial charge in [-0.3, -0.25) is 0 Å². The summed E-state index contributed by atoms with van der Waals surface area (Å²) in [7, 11) is 0. The van der Waals surface area contributed by atoms with Gasteiger partial charge in [0.05, 0.1) is 0 Å². The van der Waals surface area contributed by atoms with Gasteiger partial charge in [-0.2, -0.15) is 0 Å². The molecule has 0 N–H and O–H groups in total. The van der Waals surface area contributed by atoms with Crippen LogP contribution in [-0.4, -0.2) is 0 Å². The Hall–Kier alpha value is -0.400. The van der Waals surface area contributed by atoms with Gasteiger partial charge in [0.15, 0.2) is 0 Å². The normalized spacial score (nSPS) is 12.7. The van der Waals surface area contributed by atoms with Crippen LogP contribution >= 0.6 is 46.4 Å². The molecule has 0 heterocycles. The van der Waals surface area contributed by atoms with Crippen molar-refractivity contribution in [2.45, 2.75) is 39.0 Å². The average Bonchev–Trinajstić information content (AvgIpc) is 2.41. The van der Waals surface area contributed by atoms with Gasteiger partial charge in [-0.1, -0.05) is 73.2 Å². The minimum atomic E-state index is 0.223. The number of rotatable bonds is 4. The van der Waals surface area contributed by atoms with E-state index < -0.39 is 0 Å². The lowest BCUT2D eigenvalue weighted by Gasteiger charge is -2.18. The molecule has 0 fully saturated rings. The Kier molecular flexibility index (Phi) is 6.07. The molecule has 22 heavy (non-hydrogen) atoms. The zero-order valence-corrected chi connectivity index (χ0v) is 15.8. The van der Waals surface area contributed by atoms with Gasteiger partial charge in [0, 0.05) is 20.1 Å². The predicted octanol–water partition coefficient (Wildman–Crippen LogP) is 7.77. The first-order chi connectivity index (χ1) is 10.3. The molecule has 0 radical (unpaired) electrons. The summed E-state index contributed by atoms with van der Waals surface area (Å²) in [6.45, 7) is 6.35. The van der Waals surface area contributed by atoms with Crippen molar-refractivity contribution in [3.8, 4) is 0 Å². The van der Waals surface area contributed by atoms with Crippen LogP contribution in [0.2, 0.25) is 20.1 Å². The zero-order valence-electron chi connectivity index (χ0n) is 12.8. The lowest BCUT2D eigenvalue weighted by atomic mass is 9.91. The average molecular weight is 376 g/mol. The van der Waals surface area contributed by atoms with Crippen LogP contribution in [0.15, 0.2) is 30.3 Å². The maximum absolute atomic E-state index is 6.56. The molecule has 0 amide bonds. The molecule has 0 aliphatic rings. The number of hydrogen-bond donors (Lipinski definition) is 0. The second-order valence-corrected chi connectivity index (χ2v) is 7.55. The molecular weight excluding hydrogens is 358 g/mol. The van der Waals surface area contributed by atoms with Gasteiger partial charge >= 0.3 is 0 Å². The van der Waals surface area contributed by atoms with E-state index in [2.05, 4.69) is 20.8 Å². The minimum absolute atomic E-state index is 0.223. The van der Waals surface area contributed by atoms with Crippen molar-refractivity contribution in [1.29, 1.82) is 0 Å². The van der Waals surface area contributed by atoms with Gasteiger partial charge in [0.2, 0.25) is 0 Å². The van der Waals surface area contributed by atoms with E-state index in [1.165, 1.54) is 0 Å². The van der Waals surface area contributed by atoms with Crippen LogP contribution < -0.4 is 0 Å². The molecule has 0 aliphatic carbocycles. The number of halogens is 4. The molecule has 118 valence electrons. The first-order valence-electron chi connectivity index (χ1n) is 7.22. The van der Waals surface area contributed by atoms with Gasteiger partial charge in [0.1, 0.15) is 0 Å². The van der Waals surface area contributed by atoms with Crippen molar-refractivity contribution in [3.63, 3.8) is 0 Å². The quantitative estimate of drug-likeness (QED) is 0.511. The largest absolute Gasteiger partial charge is 0.0843 e. The van der Waals surface area contributed by atoms with Gasteiger partial charge in [-0.05, 0) is 59.2 Å². The van der Waals surface area contributed by atoms with Crippen LogP contribution in [0.25, 0.3) is 0 Å². The highest BCUT2D eigenvalue weighted by molar-refractivity contribution is 6.35. The SMILES string of the molecule is CC(C)c1cc(Cl)cc(CC(C)c2ccc(Cl)cc2Cl)c1Cl. The molecule has 0 spiro atoms. The predicted molar refractivity (Wildman–Crippen MR) is 99.1 cm³/mol. The smallest absolute Gasteiger partial charge is 0.0473 e. The van der Waals surface area contributed by atoms with Crippen molar-refractivity contribution >= 4 is 46.4 Å². The van der Waals surface area contributed by atoms with Crippen molar-refractivity contribution in [2.75, 3.05) is 0 Å². The lowest BCUT2D eigenvalue weighted by molar-refractivity contribution is 0.755. The van der Waals surface area contributed by atoms with E-state index >= 15 is 0 Å². The fourth-order valence-electron chi connectivity index (χ4n) is 2.58. The summed E-state index contributed by atoms with van der Waals surface area (Å²) < 4.78 is 0. The second kappa shape index (κ2) is 7.45. The monoisotopic (exact) mass is 374 g/mol. The summed E-state index contributed by atoms with van der Waals surface area (Å²) in [4.78, 5) is 0. The van der Waals surface area contributed by atoms with Gasteiger partial charge in [-0.15, -0.1) is 0 Å². The third-order valence-corrected chi connectivity index (χ3v) is 5.02. The Bertz CT molecular complexity index is 677. The molecule has 0 aliphatic heterocycles. The van der Waals surface area contributed by atoms with Crippen molar-refractivity contribution in [3.05, 3.63) is 67.1 Å². The van der Waals surface area contributed by atoms with Crippen molar-refractivity contribution in [2.24, 2.45) is 0 Å². The number of hydrogen-bond acceptors (Lipinski definition) is 0. The van der Waals surface area contributed by atoms with E-state index in [-0.39, 0.29) is 5.92 Å². The number of benzene rings is 2. The molecule has 0 saturated carbocycles. The molecule has 0 nitrogen and oxygen atoms in total. The first-order valence-corrected chi connectivity index (χ1v) is 8.73. The fraction of sp³-hybridized carbons (Fsp3) is 0.333. The van der Waals surface area contributed by atoms with E-state index in [1.807, 2.05) is 24.3 Å².